The van der Waals surface area contributed by atoms with Crippen LogP contribution in [0.5, 0.6) is 0 Å². The van der Waals surface area contributed by atoms with Gasteiger partial charge >= 0.3 is 5.97 Å². The fraction of sp³-hybridized carbons (Fsp3) is 0.875. The number of amides is 1. The summed E-state index contributed by atoms with van der Waals surface area (Å²) in [5.41, 5.74) is 0. The molecule has 0 aliphatic carbocycles. The maximum Gasteiger partial charge on any atom is 0.303 e. The minimum Gasteiger partial charge on any atom is -0.481 e. The summed E-state index contributed by atoms with van der Waals surface area (Å²) in [4.78, 5) is 27.7. The minimum absolute atomic E-state index is 0.111. The van der Waals surface area contributed by atoms with Crippen LogP contribution < -0.4 is 0 Å². The zero-order chi connectivity index (χ0) is 15.2. The molecule has 2 aliphatic rings. The Morgan fingerprint density at radius 1 is 1.10 bits per heavy atom. The Morgan fingerprint density at radius 2 is 1.76 bits per heavy atom. The van der Waals surface area contributed by atoms with Crippen LogP contribution in [-0.4, -0.2) is 59.0 Å². The number of hydrogen-bond acceptors (Lipinski definition) is 3. The van der Waals surface area contributed by atoms with Gasteiger partial charge in [0.05, 0.1) is 6.04 Å². The summed E-state index contributed by atoms with van der Waals surface area (Å²) >= 11 is 0. The molecular formula is C16H28N2O3. The van der Waals surface area contributed by atoms with Crippen molar-refractivity contribution in [3.63, 3.8) is 0 Å². The maximum absolute atomic E-state index is 12.6. The molecule has 5 nitrogen and oxygen atoms in total. The van der Waals surface area contributed by atoms with Crippen LogP contribution in [0.1, 0.15) is 51.9 Å². The Labute approximate surface area is 127 Å². The molecule has 2 fully saturated rings. The standard InChI is InChI=1S/C16H28N2O3/c1-13(16(21)17-8-4-2-3-5-9-17)18-10-6-7-14(12-18)11-15(19)20/h13-14H,2-12H2,1H3,(H,19,20). The van der Waals surface area contributed by atoms with Crippen molar-refractivity contribution in [3.8, 4) is 0 Å². The summed E-state index contributed by atoms with van der Waals surface area (Å²) in [5.74, 6) is -0.308. The number of rotatable bonds is 4. The molecule has 2 unspecified atom stereocenters. The second-order valence-electron chi connectivity index (χ2n) is 6.52. The Kier molecular flexibility index (Phi) is 6.03. The molecule has 1 amide bonds. The predicted octanol–water partition coefficient (Wildman–Crippen LogP) is 1.96. The van der Waals surface area contributed by atoms with Crippen molar-refractivity contribution < 1.29 is 14.7 Å². The Bertz CT molecular complexity index is 365. The highest BCUT2D eigenvalue weighted by Crippen LogP contribution is 2.22. The third kappa shape index (κ3) is 4.70. The maximum atomic E-state index is 12.6. The van der Waals surface area contributed by atoms with E-state index >= 15 is 0 Å². The average molecular weight is 296 g/mol. The van der Waals surface area contributed by atoms with Gasteiger partial charge in [-0.05, 0) is 45.1 Å². The van der Waals surface area contributed by atoms with Crippen molar-refractivity contribution in [2.24, 2.45) is 5.92 Å². The van der Waals surface area contributed by atoms with Crippen LogP contribution in [-0.2, 0) is 9.59 Å². The molecular weight excluding hydrogens is 268 g/mol. The first-order chi connectivity index (χ1) is 10.1. The molecule has 21 heavy (non-hydrogen) atoms. The number of nitrogens with zero attached hydrogens (tertiary/aromatic N) is 2. The number of hydrogen-bond donors (Lipinski definition) is 1. The summed E-state index contributed by atoms with van der Waals surface area (Å²) in [6.07, 6.45) is 6.86. The lowest BCUT2D eigenvalue weighted by Gasteiger charge is -2.37. The lowest BCUT2D eigenvalue weighted by Crippen LogP contribution is -2.50. The molecule has 0 radical (unpaired) electrons. The number of carboxylic acids is 1. The molecule has 0 aromatic rings. The summed E-state index contributed by atoms with van der Waals surface area (Å²) in [6.45, 7) is 5.41. The quantitative estimate of drug-likeness (QED) is 0.861. The fourth-order valence-corrected chi connectivity index (χ4v) is 3.57. The van der Waals surface area contributed by atoms with Crippen LogP contribution in [0.15, 0.2) is 0 Å². The Balaban J connectivity index is 1.89. The molecule has 2 rings (SSSR count). The van der Waals surface area contributed by atoms with E-state index in [1.165, 1.54) is 12.8 Å². The van der Waals surface area contributed by atoms with E-state index in [-0.39, 0.29) is 24.3 Å². The molecule has 2 atom stereocenters. The van der Waals surface area contributed by atoms with Crippen LogP contribution in [0, 0.1) is 5.92 Å². The SMILES string of the molecule is CC(C(=O)N1CCCCCC1)N1CCCC(CC(=O)O)C1. The van der Waals surface area contributed by atoms with Gasteiger partial charge in [-0.2, -0.15) is 0 Å². The van der Waals surface area contributed by atoms with E-state index in [0.29, 0.717) is 0 Å². The number of carbonyl (C=O) groups excluding carboxylic acids is 1. The van der Waals surface area contributed by atoms with Gasteiger partial charge in [-0.25, -0.2) is 0 Å². The average Bonchev–Trinajstić information content (AvgIpc) is 2.74. The van der Waals surface area contributed by atoms with Crippen molar-refractivity contribution in [1.82, 2.24) is 9.80 Å². The molecule has 2 saturated heterocycles. The van der Waals surface area contributed by atoms with Crippen molar-refractivity contribution in [3.05, 3.63) is 0 Å². The summed E-state index contributed by atoms with van der Waals surface area (Å²) in [7, 11) is 0. The first-order valence-corrected chi connectivity index (χ1v) is 8.32. The van der Waals surface area contributed by atoms with E-state index in [1.54, 1.807) is 0 Å². The zero-order valence-corrected chi connectivity index (χ0v) is 13.1. The lowest BCUT2D eigenvalue weighted by molar-refractivity contribution is -0.139. The Morgan fingerprint density at radius 3 is 2.38 bits per heavy atom. The molecule has 2 heterocycles. The summed E-state index contributed by atoms with van der Waals surface area (Å²) in [5, 5.41) is 8.94. The van der Waals surface area contributed by atoms with Gasteiger partial charge in [0.2, 0.25) is 5.91 Å². The van der Waals surface area contributed by atoms with Gasteiger partial charge in [0.1, 0.15) is 0 Å². The third-order valence-electron chi connectivity index (χ3n) is 4.84. The normalized spacial score (nSPS) is 26.1. The highest BCUT2D eigenvalue weighted by Gasteiger charge is 2.30. The van der Waals surface area contributed by atoms with Gasteiger partial charge in [-0.15, -0.1) is 0 Å². The number of carboxylic acid groups (broad SMARTS) is 1. The molecule has 0 saturated carbocycles. The van der Waals surface area contributed by atoms with Gasteiger partial charge in [-0.1, -0.05) is 12.8 Å². The molecule has 5 heteroatoms. The molecule has 2 aliphatic heterocycles. The highest BCUT2D eigenvalue weighted by atomic mass is 16.4. The van der Waals surface area contributed by atoms with Crippen molar-refractivity contribution in [2.75, 3.05) is 26.2 Å². The van der Waals surface area contributed by atoms with Crippen LogP contribution in [0.3, 0.4) is 0 Å². The van der Waals surface area contributed by atoms with Gasteiger partial charge in [0, 0.05) is 26.1 Å². The van der Waals surface area contributed by atoms with E-state index in [1.807, 2.05) is 11.8 Å². The summed E-state index contributed by atoms with van der Waals surface area (Å²) < 4.78 is 0. The second kappa shape index (κ2) is 7.78. The largest absolute Gasteiger partial charge is 0.481 e. The van der Waals surface area contributed by atoms with E-state index in [2.05, 4.69) is 4.90 Å². The second-order valence-corrected chi connectivity index (χ2v) is 6.52. The molecule has 0 spiro atoms. The first-order valence-electron chi connectivity index (χ1n) is 8.32. The van der Waals surface area contributed by atoms with Crippen molar-refractivity contribution in [1.29, 1.82) is 0 Å². The number of likely N-dealkylation sites (tertiary alicyclic amines) is 2. The monoisotopic (exact) mass is 296 g/mol. The molecule has 0 aromatic carbocycles. The van der Waals surface area contributed by atoms with Gasteiger partial charge in [0.25, 0.3) is 0 Å². The van der Waals surface area contributed by atoms with E-state index in [9.17, 15) is 9.59 Å². The fourth-order valence-electron chi connectivity index (χ4n) is 3.57. The van der Waals surface area contributed by atoms with E-state index in [4.69, 9.17) is 5.11 Å². The van der Waals surface area contributed by atoms with Gasteiger partial charge in [-0.3, -0.25) is 14.5 Å². The predicted molar refractivity (Wildman–Crippen MR) is 81.1 cm³/mol. The van der Waals surface area contributed by atoms with Crippen molar-refractivity contribution >= 4 is 11.9 Å². The Hall–Kier alpha value is -1.10. The van der Waals surface area contributed by atoms with E-state index in [0.717, 1.165) is 51.9 Å². The molecule has 0 aromatic heterocycles. The molecule has 1 N–H and O–H groups in total. The topological polar surface area (TPSA) is 60.9 Å². The highest BCUT2D eigenvalue weighted by molar-refractivity contribution is 5.81. The number of piperidine rings is 1. The number of aliphatic carboxylic acids is 1. The lowest BCUT2D eigenvalue weighted by atomic mass is 9.94. The van der Waals surface area contributed by atoms with Crippen LogP contribution >= 0.6 is 0 Å². The zero-order valence-electron chi connectivity index (χ0n) is 13.1. The van der Waals surface area contributed by atoms with Crippen LogP contribution in [0.25, 0.3) is 0 Å². The number of carbonyl (C=O) groups is 2. The van der Waals surface area contributed by atoms with E-state index < -0.39 is 5.97 Å². The van der Waals surface area contributed by atoms with Crippen LogP contribution in [0.2, 0.25) is 0 Å². The summed E-state index contributed by atoms with van der Waals surface area (Å²) in [6, 6.07) is -0.111. The van der Waals surface area contributed by atoms with Gasteiger partial charge in [0.15, 0.2) is 0 Å². The van der Waals surface area contributed by atoms with Crippen molar-refractivity contribution in [2.45, 2.75) is 57.9 Å². The molecule has 120 valence electrons. The minimum atomic E-state index is -0.728. The third-order valence-corrected chi connectivity index (χ3v) is 4.84. The van der Waals surface area contributed by atoms with Crippen LogP contribution in [0.4, 0.5) is 0 Å². The molecule has 0 bridgehead atoms. The first kappa shape index (κ1) is 16.3. The smallest absolute Gasteiger partial charge is 0.303 e. The van der Waals surface area contributed by atoms with Gasteiger partial charge < -0.3 is 10.0 Å².